The van der Waals surface area contributed by atoms with E-state index in [2.05, 4.69) is 5.32 Å². The smallest absolute Gasteiger partial charge is 0.407 e. The highest BCUT2D eigenvalue weighted by Gasteiger charge is 2.41. The molecule has 2 heterocycles. The van der Waals surface area contributed by atoms with E-state index in [1.54, 1.807) is 20.2 Å². The van der Waals surface area contributed by atoms with E-state index < -0.39 is 18.2 Å². The van der Waals surface area contributed by atoms with Crippen LogP contribution in [0.1, 0.15) is 5.56 Å². The van der Waals surface area contributed by atoms with E-state index in [9.17, 15) is 14.7 Å². The molecule has 0 aromatic heterocycles. The van der Waals surface area contributed by atoms with Gasteiger partial charge in [-0.3, -0.25) is 4.48 Å². The second kappa shape index (κ2) is 5.84. The Hall–Kier alpha value is -1.96. The van der Waals surface area contributed by atoms with Gasteiger partial charge in [0.05, 0.1) is 31.2 Å². The van der Waals surface area contributed by atoms with Crippen molar-refractivity contribution in [1.29, 1.82) is 0 Å². The molecule has 1 atom stereocenters. The summed E-state index contributed by atoms with van der Waals surface area (Å²) in [6, 6.07) is 1.67. The van der Waals surface area contributed by atoms with Gasteiger partial charge in [-0.25, -0.2) is 9.59 Å². The minimum atomic E-state index is -1.03. The Kier molecular flexibility index (Phi) is 4.11. The molecule has 2 aliphatic heterocycles. The number of carboxylic acids is 1. The number of benzene rings is 1. The number of carboxylic acid groups (broad SMARTS) is 1. The summed E-state index contributed by atoms with van der Waals surface area (Å²) in [6.45, 7) is 0.460. The number of halogens is 2. The highest BCUT2D eigenvalue weighted by Crippen LogP contribution is 2.48. The number of hydrogen-bond acceptors (Lipinski definition) is 4. The predicted octanol–water partition coefficient (Wildman–Crippen LogP) is 2.49. The van der Waals surface area contributed by atoms with Crippen molar-refractivity contribution in [3.63, 3.8) is 0 Å². The Labute approximate surface area is 147 Å². The lowest BCUT2D eigenvalue weighted by Crippen LogP contribution is -2.40. The number of hydrogen-bond donors (Lipinski definition) is 2. The van der Waals surface area contributed by atoms with Gasteiger partial charge in [-0.15, -0.1) is 0 Å². The Morgan fingerprint density at radius 1 is 1.46 bits per heavy atom. The van der Waals surface area contributed by atoms with Crippen LogP contribution >= 0.6 is 23.2 Å². The van der Waals surface area contributed by atoms with E-state index in [1.807, 2.05) is 0 Å². The number of likely N-dealkylation sites (N-methyl/N-ethyl adjacent to an activating group) is 1. The standard InChI is InChI=1S/C15H14Cl2N2O5/c1-19(2)9-4-11(23-6-7-5-18-15(22)24-7)13(17)12(16)8(9)3-10(19)14(20)21/h3-4,7H,5-6H2,1-2H3,(H-,18,20,21,22)/p+1. The molecule has 3 rings (SSSR count). The number of amides is 1. The third-order valence-electron chi connectivity index (χ3n) is 4.07. The summed E-state index contributed by atoms with van der Waals surface area (Å²) in [6.07, 6.45) is 0.601. The molecule has 1 aromatic rings. The number of rotatable bonds is 4. The molecule has 128 valence electrons. The number of cyclic esters (lactones) is 1. The summed E-state index contributed by atoms with van der Waals surface area (Å²) in [5, 5.41) is 12.3. The summed E-state index contributed by atoms with van der Waals surface area (Å²) in [4.78, 5) is 22.5. The van der Waals surface area contributed by atoms with Crippen molar-refractivity contribution in [3.05, 3.63) is 27.4 Å². The maximum atomic E-state index is 11.5. The lowest BCUT2D eigenvalue weighted by atomic mass is 10.1. The van der Waals surface area contributed by atoms with Crippen LogP contribution < -0.4 is 14.5 Å². The van der Waals surface area contributed by atoms with Crippen LogP contribution in [-0.2, 0) is 9.53 Å². The van der Waals surface area contributed by atoms with Crippen LogP contribution in [0.3, 0.4) is 0 Å². The summed E-state index contributed by atoms with van der Waals surface area (Å²) in [5.74, 6) is -0.718. The monoisotopic (exact) mass is 373 g/mol. The third-order valence-corrected chi connectivity index (χ3v) is 4.93. The molecule has 7 nitrogen and oxygen atoms in total. The van der Waals surface area contributed by atoms with E-state index in [-0.39, 0.29) is 26.8 Å². The predicted molar refractivity (Wildman–Crippen MR) is 89.5 cm³/mol. The zero-order valence-corrected chi connectivity index (χ0v) is 14.4. The van der Waals surface area contributed by atoms with Crippen molar-refractivity contribution in [1.82, 2.24) is 9.80 Å². The number of quaternary nitrogens is 1. The van der Waals surface area contributed by atoms with Crippen LogP contribution in [0.2, 0.25) is 10.0 Å². The van der Waals surface area contributed by atoms with Crippen molar-refractivity contribution in [2.24, 2.45) is 0 Å². The molecule has 1 saturated heterocycles. The number of alkyl carbamates (subject to hydrolysis) is 1. The zero-order chi connectivity index (χ0) is 17.6. The summed E-state index contributed by atoms with van der Waals surface area (Å²) < 4.78 is 10.7. The zero-order valence-electron chi connectivity index (χ0n) is 12.9. The van der Waals surface area contributed by atoms with Crippen LogP contribution in [0.5, 0.6) is 5.75 Å². The van der Waals surface area contributed by atoms with Crippen molar-refractivity contribution in [2.75, 3.05) is 27.2 Å². The molecular formula is C15H15Cl2N2O5+. The van der Waals surface area contributed by atoms with E-state index in [0.717, 1.165) is 0 Å². The van der Waals surface area contributed by atoms with Crippen molar-refractivity contribution in [2.45, 2.75) is 6.10 Å². The number of aliphatic carboxylic acids is 1. The topological polar surface area (TPSA) is 84.9 Å². The molecule has 2 aliphatic rings. The highest BCUT2D eigenvalue weighted by molar-refractivity contribution is 6.44. The molecule has 0 spiro atoms. The lowest BCUT2D eigenvalue weighted by molar-refractivity contribution is -0.133. The van der Waals surface area contributed by atoms with Gasteiger partial charge in [0.25, 0.3) is 0 Å². The van der Waals surface area contributed by atoms with Crippen LogP contribution in [0.4, 0.5) is 10.5 Å². The van der Waals surface area contributed by atoms with Gasteiger partial charge < -0.3 is 19.9 Å². The summed E-state index contributed by atoms with van der Waals surface area (Å²) >= 11 is 12.5. The molecule has 0 saturated carbocycles. The Balaban J connectivity index is 1.91. The summed E-state index contributed by atoms with van der Waals surface area (Å²) in [5.41, 5.74) is 1.40. The Morgan fingerprint density at radius 2 is 2.17 bits per heavy atom. The SMILES string of the molecule is C[N+]1(C)C(C(=O)O)=Cc2c1cc(OCC1CNC(=O)O1)c(Cl)c2Cl. The van der Waals surface area contributed by atoms with E-state index in [1.165, 1.54) is 6.08 Å². The maximum absolute atomic E-state index is 11.5. The van der Waals surface area contributed by atoms with E-state index in [4.69, 9.17) is 32.7 Å². The minimum absolute atomic E-state index is 0.0118. The first-order chi connectivity index (χ1) is 11.2. The van der Waals surface area contributed by atoms with Gasteiger partial charge in [-0.2, -0.15) is 0 Å². The molecule has 1 amide bonds. The number of nitrogens with one attached hydrogen (secondary N) is 1. The molecule has 1 fully saturated rings. The lowest BCUT2D eigenvalue weighted by Gasteiger charge is -2.26. The third kappa shape index (κ3) is 2.68. The fourth-order valence-corrected chi connectivity index (χ4v) is 3.20. The van der Waals surface area contributed by atoms with Crippen LogP contribution in [0.25, 0.3) is 6.08 Å². The van der Waals surface area contributed by atoms with Gasteiger partial charge in [0, 0.05) is 12.1 Å². The van der Waals surface area contributed by atoms with Gasteiger partial charge in [-0.1, -0.05) is 23.2 Å². The van der Waals surface area contributed by atoms with E-state index in [0.29, 0.717) is 23.5 Å². The second-order valence-electron chi connectivity index (χ2n) is 5.94. The normalized spacial score (nSPS) is 20.9. The average Bonchev–Trinajstić information content (AvgIpc) is 3.03. The molecule has 0 bridgehead atoms. The molecule has 24 heavy (non-hydrogen) atoms. The van der Waals surface area contributed by atoms with Crippen molar-refractivity contribution >= 4 is 47.0 Å². The first-order valence-electron chi connectivity index (χ1n) is 7.11. The number of nitrogens with zero attached hydrogens (tertiary/aromatic N) is 1. The maximum Gasteiger partial charge on any atom is 0.407 e. The Morgan fingerprint density at radius 3 is 2.75 bits per heavy atom. The highest BCUT2D eigenvalue weighted by atomic mass is 35.5. The van der Waals surface area contributed by atoms with Gasteiger partial charge in [0.15, 0.2) is 11.8 Å². The van der Waals surface area contributed by atoms with Crippen LogP contribution in [0, 0.1) is 0 Å². The van der Waals surface area contributed by atoms with Crippen LogP contribution in [-0.4, -0.2) is 50.5 Å². The van der Waals surface area contributed by atoms with Crippen molar-refractivity contribution in [3.8, 4) is 5.75 Å². The number of ether oxygens (including phenoxy) is 2. The Bertz CT molecular complexity index is 776. The molecule has 1 aromatic carbocycles. The fraction of sp³-hybridized carbons (Fsp3) is 0.333. The van der Waals surface area contributed by atoms with E-state index >= 15 is 0 Å². The second-order valence-corrected chi connectivity index (χ2v) is 6.70. The molecule has 2 N–H and O–H groups in total. The summed E-state index contributed by atoms with van der Waals surface area (Å²) in [7, 11) is 3.48. The fourth-order valence-electron chi connectivity index (χ4n) is 2.75. The number of carbonyl (C=O) groups excluding carboxylic acids is 1. The van der Waals surface area contributed by atoms with Gasteiger partial charge >= 0.3 is 12.1 Å². The van der Waals surface area contributed by atoms with Gasteiger partial charge in [0.1, 0.15) is 17.4 Å². The van der Waals surface area contributed by atoms with Gasteiger partial charge in [-0.05, 0) is 0 Å². The first kappa shape index (κ1) is 16.9. The number of carbonyl (C=O) groups is 2. The molecule has 1 unspecified atom stereocenters. The quantitative estimate of drug-likeness (QED) is 0.791. The minimum Gasteiger partial charge on any atom is -0.488 e. The molecule has 0 aliphatic carbocycles. The molecule has 0 radical (unpaired) electrons. The number of fused-ring (bicyclic) bond motifs is 1. The van der Waals surface area contributed by atoms with Crippen LogP contribution in [0.15, 0.2) is 11.8 Å². The van der Waals surface area contributed by atoms with Crippen molar-refractivity contribution < 1.29 is 24.2 Å². The first-order valence-corrected chi connectivity index (χ1v) is 7.86. The average molecular weight is 374 g/mol. The largest absolute Gasteiger partial charge is 0.488 e. The molecule has 9 heteroatoms. The molecular weight excluding hydrogens is 359 g/mol. The van der Waals surface area contributed by atoms with Gasteiger partial charge in [0.2, 0.25) is 5.70 Å².